The quantitative estimate of drug-likeness (QED) is 0.558. The molecule has 31 heavy (non-hydrogen) atoms. The minimum absolute atomic E-state index is 0.0812. The Morgan fingerprint density at radius 1 is 1.10 bits per heavy atom. The molecule has 0 unspecified atom stereocenters. The van der Waals surface area contributed by atoms with E-state index < -0.39 is 0 Å². The lowest BCUT2D eigenvalue weighted by molar-refractivity contribution is 0.0724. The molecular formula is C23H26BrN5O2. The number of urea groups is 1. The molecule has 162 valence electrons. The summed E-state index contributed by atoms with van der Waals surface area (Å²) in [6.07, 6.45) is 5.09. The highest BCUT2D eigenvalue weighted by atomic mass is 79.9. The molecule has 3 aromatic rings. The largest absolute Gasteiger partial charge is 0.339 e. The van der Waals surface area contributed by atoms with E-state index in [0.717, 1.165) is 52.7 Å². The summed E-state index contributed by atoms with van der Waals surface area (Å²) in [5.74, 6) is 0.0812. The van der Waals surface area contributed by atoms with E-state index in [4.69, 9.17) is 0 Å². The number of benzene rings is 2. The van der Waals surface area contributed by atoms with Crippen LogP contribution in [0.5, 0.6) is 0 Å². The van der Waals surface area contributed by atoms with Gasteiger partial charge in [-0.25, -0.2) is 9.78 Å². The minimum Gasteiger partial charge on any atom is -0.339 e. The standard InChI is InChI=1S/C23H26BrN5O2/c1-16-13-18(6-7-19(16)24)27-23(31)25-9-12-29-15-26-20-14-17(5-8-21(20)29)22(30)28-10-3-2-4-11-28/h5-8,13-15H,2-4,9-12H2,1H3,(H2,25,27,31). The molecule has 0 bridgehead atoms. The van der Waals surface area contributed by atoms with E-state index in [1.165, 1.54) is 6.42 Å². The van der Waals surface area contributed by atoms with Gasteiger partial charge in [-0.05, 0) is 68.1 Å². The van der Waals surface area contributed by atoms with Crippen LogP contribution in [0, 0.1) is 6.92 Å². The molecule has 8 heteroatoms. The predicted octanol–water partition coefficient (Wildman–Crippen LogP) is 4.56. The van der Waals surface area contributed by atoms with Crippen molar-refractivity contribution < 1.29 is 9.59 Å². The second kappa shape index (κ2) is 9.51. The fourth-order valence-corrected chi connectivity index (χ4v) is 4.09. The normalized spacial score (nSPS) is 13.9. The van der Waals surface area contributed by atoms with Crippen LogP contribution >= 0.6 is 15.9 Å². The number of halogens is 1. The number of amides is 3. The van der Waals surface area contributed by atoms with Gasteiger partial charge in [0.2, 0.25) is 0 Å². The molecule has 1 fully saturated rings. The summed E-state index contributed by atoms with van der Waals surface area (Å²) in [6.45, 7) is 4.69. The predicted molar refractivity (Wildman–Crippen MR) is 125 cm³/mol. The number of rotatable bonds is 5. The maximum Gasteiger partial charge on any atom is 0.319 e. The summed E-state index contributed by atoms with van der Waals surface area (Å²) in [5.41, 5.74) is 4.22. The number of aryl methyl sites for hydroxylation is 1. The van der Waals surface area contributed by atoms with Crippen molar-refractivity contribution >= 4 is 44.6 Å². The van der Waals surface area contributed by atoms with Crippen molar-refractivity contribution in [3.8, 4) is 0 Å². The molecule has 2 aromatic carbocycles. The van der Waals surface area contributed by atoms with Crippen molar-refractivity contribution in [2.24, 2.45) is 0 Å². The smallest absolute Gasteiger partial charge is 0.319 e. The summed E-state index contributed by atoms with van der Waals surface area (Å²) in [6, 6.07) is 11.1. The van der Waals surface area contributed by atoms with Crippen LogP contribution < -0.4 is 10.6 Å². The molecule has 1 aliphatic heterocycles. The third-order valence-electron chi connectivity index (χ3n) is 5.57. The Kier molecular flexibility index (Phi) is 6.56. The highest BCUT2D eigenvalue weighted by molar-refractivity contribution is 9.10. The number of carbonyl (C=O) groups is 2. The first-order valence-corrected chi connectivity index (χ1v) is 11.4. The average molecular weight is 484 g/mol. The number of hydrogen-bond acceptors (Lipinski definition) is 3. The monoisotopic (exact) mass is 483 g/mol. The van der Waals surface area contributed by atoms with Gasteiger partial charge in [0.15, 0.2) is 0 Å². The van der Waals surface area contributed by atoms with Crippen LogP contribution in [0.3, 0.4) is 0 Å². The fraction of sp³-hybridized carbons (Fsp3) is 0.348. The van der Waals surface area contributed by atoms with E-state index in [0.29, 0.717) is 18.7 Å². The van der Waals surface area contributed by atoms with E-state index >= 15 is 0 Å². The van der Waals surface area contributed by atoms with E-state index in [9.17, 15) is 9.59 Å². The lowest BCUT2D eigenvalue weighted by atomic mass is 10.1. The van der Waals surface area contributed by atoms with Crippen LogP contribution in [0.1, 0.15) is 35.2 Å². The van der Waals surface area contributed by atoms with Crippen LogP contribution in [-0.2, 0) is 6.54 Å². The second-order valence-electron chi connectivity index (χ2n) is 7.84. The lowest BCUT2D eigenvalue weighted by Crippen LogP contribution is -2.35. The van der Waals surface area contributed by atoms with Gasteiger partial charge < -0.3 is 20.1 Å². The molecule has 4 rings (SSSR count). The van der Waals surface area contributed by atoms with Gasteiger partial charge >= 0.3 is 6.03 Å². The number of nitrogens with zero attached hydrogens (tertiary/aromatic N) is 3. The Balaban J connectivity index is 1.34. The van der Waals surface area contributed by atoms with Crippen LogP contribution in [0.4, 0.5) is 10.5 Å². The first-order valence-electron chi connectivity index (χ1n) is 10.6. The van der Waals surface area contributed by atoms with Crippen molar-refractivity contribution in [3.63, 3.8) is 0 Å². The highest BCUT2D eigenvalue weighted by Crippen LogP contribution is 2.20. The lowest BCUT2D eigenvalue weighted by Gasteiger charge is -2.26. The number of fused-ring (bicyclic) bond motifs is 1. The maximum atomic E-state index is 12.7. The van der Waals surface area contributed by atoms with Gasteiger partial charge in [0.25, 0.3) is 5.91 Å². The average Bonchev–Trinajstić information content (AvgIpc) is 3.18. The Morgan fingerprint density at radius 2 is 1.90 bits per heavy atom. The molecule has 2 heterocycles. The van der Waals surface area contributed by atoms with Gasteiger partial charge in [-0.3, -0.25) is 4.79 Å². The Hall–Kier alpha value is -2.87. The molecule has 3 amide bonds. The number of nitrogens with one attached hydrogen (secondary N) is 2. The van der Waals surface area contributed by atoms with Crippen LogP contribution in [-0.4, -0.2) is 46.0 Å². The summed E-state index contributed by atoms with van der Waals surface area (Å²) < 4.78 is 2.99. The zero-order valence-electron chi connectivity index (χ0n) is 17.5. The van der Waals surface area contributed by atoms with Crippen molar-refractivity contribution in [1.82, 2.24) is 19.8 Å². The molecule has 0 saturated carbocycles. The maximum absolute atomic E-state index is 12.7. The summed E-state index contributed by atoms with van der Waals surface area (Å²) in [7, 11) is 0. The summed E-state index contributed by atoms with van der Waals surface area (Å²) in [4.78, 5) is 31.3. The summed E-state index contributed by atoms with van der Waals surface area (Å²) in [5, 5.41) is 5.71. The topological polar surface area (TPSA) is 79.3 Å². The van der Waals surface area contributed by atoms with Crippen molar-refractivity contribution in [3.05, 3.63) is 58.3 Å². The van der Waals surface area contributed by atoms with E-state index in [-0.39, 0.29) is 11.9 Å². The van der Waals surface area contributed by atoms with Crippen molar-refractivity contribution in [1.29, 1.82) is 0 Å². The molecule has 1 aromatic heterocycles. The molecule has 0 spiro atoms. The molecule has 1 aliphatic rings. The third kappa shape index (κ3) is 5.07. The number of hydrogen-bond donors (Lipinski definition) is 2. The van der Waals surface area contributed by atoms with Gasteiger partial charge in [-0.15, -0.1) is 0 Å². The number of piperidine rings is 1. The molecule has 7 nitrogen and oxygen atoms in total. The van der Waals surface area contributed by atoms with E-state index in [2.05, 4.69) is 31.5 Å². The van der Waals surface area contributed by atoms with Gasteiger partial charge in [-0.2, -0.15) is 0 Å². The van der Waals surface area contributed by atoms with Crippen molar-refractivity contribution in [2.45, 2.75) is 32.7 Å². The second-order valence-corrected chi connectivity index (χ2v) is 8.69. The number of imidazole rings is 1. The highest BCUT2D eigenvalue weighted by Gasteiger charge is 2.19. The Morgan fingerprint density at radius 3 is 2.68 bits per heavy atom. The fourth-order valence-electron chi connectivity index (χ4n) is 3.84. The summed E-state index contributed by atoms with van der Waals surface area (Å²) >= 11 is 3.45. The van der Waals surface area contributed by atoms with E-state index in [1.54, 1.807) is 6.33 Å². The molecule has 0 atom stereocenters. The molecular weight excluding hydrogens is 458 g/mol. The van der Waals surface area contributed by atoms with Gasteiger partial charge in [0, 0.05) is 41.9 Å². The molecule has 0 aliphatic carbocycles. The number of aromatic nitrogens is 2. The molecule has 2 N–H and O–H groups in total. The number of anilines is 1. The third-order valence-corrected chi connectivity index (χ3v) is 6.46. The number of likely N-dealkylation sites (tertiary alicyclic amines) is 1. The van der Waals surface area contributed by atoms with E-state index in [1.807, 2.05) is 52.8 Å². The first kappa shape index (κ1) is 21.4. The minimum atomic E-state index is -0.249. The van der Waals surface area contributed by atoms with Crippen molar-refractivity contribution in [2.75, 3.05) is 25.0 Å². The Labute approximate surface area is 190 Å². The van der Waals surface area contributed by atoms with Crippen LogP contribution in [0.25, 0.3) is 11.0 Å². The SMILES string of the molecule is Cc1cc(NC(=O)NCCn2cnc3cc(C(=O)N4CCCCC4)ccc32)ccc1Br. The first-order chi connectivity index (χ1) is 15.0. The van der Waals surface area contributed by atoms with Crippen LogP contribution in [0.2, 0.25) is 0 Å². The van der Waals surface area contributed by atoms with Gasteiger partial charge in [0.1, 0.15) is 0 Å². The molecule has 1 saturated heterocycles. The zero-order valence-corrected chi connectivity index (χ0v) is 19.1. The number of carbonyl (C=O) groups excluding carboxylic acids is 2. The van der Waals surface area contributed by atoms with Crippen LogP contribution in [0.15, 0.2) is 47.2 Å². The molecule has 0 radical (unpaired) electrons. The van der Waals surface area contributed by atoms with Gasteiger partial charge in [0.05, 0.1) is 17.4 Å². The zero-order chi connectivity index (χ0) is 21.8. The Bertz CT molecular complexity index is 1100. The van der Waals surface area contributed by atoms with Gasteiger partial charge in [-0.1, -0.05) is 15.9 Å².